The van der Waals surface area contributed by atoms with E-state index >= 15 is 0 Å². The highest BCUT2D eigenvalue weighted by Crippen LogP contribution is 2.38. The number of oxime groups is 1. The first-order valence-corrected chi connectivity index (χ1v) is 8.22. The highest BCUT2D eigenvalue weighted by molar-refractivity contribution is 6.24. The highest BCUT2D eigenvalue weighted by atomic mass is 16.7. The van der Waals surface area contributed by atoms with Crippen molar-refractivity contribution in [2.24, 2.45) is 5.16 Å². The summed E-state index contributed by atoms with van der Waals surface area (Å²) in [5.41, 5.74) is 3.02. The zero-order valence-corrected chi connectivity index (χ0v) is 14.0. The Labute approximate surface area is 155 Å². The van der Waals surface area contributed by atoms with Gasteiger partial charge in [0.05, 0.1) is 5.56 Å². The molecule has 0 unspecified atom stereocenters. The van der Waals surface area contributed by atoms with Crippen LogP contribution in [0, 0.1) is 11.3 Å². The Morgan fingerprint density at radius 2 is 1.52 bits per heavy atom. The van der Waals surface area contributed by atoms with E-state index in [1.807, 2.05) is 18.2 Å². The van der Waals surface area contributed by atoms with E-state index in [1.165, 1.54) is 0 Å². The van der Waals surface area contributed by atoms with Crippen LogP contribution in [-0.2, 0) is 4.84 Å². The van der Waals surface area contributed by atoms with Gasteiger partial charge in [-0.25, -0.2) is 4.79 Å². The second-order valence-electron chi connectivity index (χ2n) is 5.90. The molecule has 0 heterocycles. The Bertz CT molecular complexity index is 1140. The summed E-state index contributed by atoms with van der Waals surface area (Å²) in [4.78, 5) is 30.2. The molecule has 5 nitrogen and oxygen atoms in total. The molecule has 0 aliphatic heterocycles. The van der Waals surface area contributed by atoms with Gasteiger partial charge in [0, 0.05) is 22.3 Å². The van der Waals surface area contributed by atoms with Crippen molar-refractivity contribution >= 4 is 17.5 Å². The van der Waals surface area contributed by atoms with Crippen molar-refractivity contribution < 1.29 is 14.4 Å². The number of carbonyl (C=O) groups is 2. The molecule has 0 fully saturated rings. The molecule has 4 rings (SSSR count). The van der Waals surface area contributed by atoms with E-state index in [0.29, 0.717) is 27.8 Å². The second-order valence-corrected chi connectivity index (χ2v) is 5.90. The van der Waals surface area contributed by atoms with Gasteiger partial charge < -0.3 is 4.84 Å². The summed E-state index contributed by atoms with van der Waals surface area (Å²) in [6.07, 6.45) is 0. The molecular weight excluding hydrogens is 340 g/mol. The molecule has 0 atom stereocenters. The third kappa shape index (κ3) is 2.79. The Morgan fingerprint density at radius 3 is 2.26 bits per heavy atom. The van der Waals surface area contributed by atoms with E-state index in [0.717, 1.165) is 0 Å². The minimum Gasteiger partial charge on any atom is -0.311 e. The predicted octanol–water partition coefficient (Wildman–Crippen LogP) is 3.98. The van der Waals surface area contributed by atoms with Crippen LogP contribution < -0.4 is 0 Å². The third-order valence-corrected chi connectivity index (χ3v) is 4.34. The normalized spacial score (nSPS) is 12.1. The first-order chi connectivity index (χ1) is 13.2. The fraction of sp³-hybridized carbons (Fsp3) is 0. The van der Waals surface area contributed by atoms with Crippen LogP contribution in [0.1, 0.15) is 31.8 Å². The summed E-state index contributed by atoms with van der Waals surface area (Å²) in [7, 11) is 0. The molecule has 5 heteroatoms. The molecule has 128 valence electrons. The van der Waals surface area contributed by atoms with Crippen molar-refractivity contribution in [1.29, 1.82) is 5.26 Å². The molecule has 3 aromatic carbocycles. The van der Waals surface area contributed by atoms with Crippen LogP contribution in [0.25, 0.3) is 11.1 Å². The number of hydrogen-bond donors (Lipinski definition) is 0. The maximum absolute atomic E-state index is 12.6. The lowest BCUT2D eigenvalue weighted by atomic mass is 10.00. The average molecular weight is 352 g/mol. The molecule has 0 aromatic heterocycles. The number of nitriles is 1. The van der Waals surface area contributed by atoms with Gasteiger partial charge in [0.2, 0.25) is 0 Å². The van der Waals surface area contributed by atoms with Gasteiger partial charge >= 0.3 is 5.97 Å². The van der Waals surface area contributed by atoms with Crippen LogP contribution in [0.5, 0.6) is 0 Å². The molecule has 0 saturated carbocycles. The molecule has 3 aromatic rings. The Kier molecular flexibility index (Phi) is 4.07. The SMILES string of the molecule is N#CC(=NOC(=O)c1cccc2c1-c1ccccc1C2=O)c1ccccc1. The van der Waals surface area contributed by atoms with Crippen LogP contribution in [-0.4, -0.2) is 17.5 Å². The molecule has 0 bridgehead atoms. The van der Waals surface area contributed by atoms with E-state index in [-0.39, 0.29) is 17.1 Å². The van der Waals surface area contributed by atoms with Crippen LogP contribution in [0.15, 0.2) is 78.0 Å². The largest absolute Gasteiger partial charge is 0.366 e. The van der Waals surface area contributed by atoms with Crippen LogP contribution in [0.3, 0.4) is 0 Å². The smallest absolute Gasteiger partial charge is 0.311 e. The molecule has 0 saturated heterocycles. The van der Waals surface area contributed by atoms with Gasteiger partial charge in [-0.3, -0.25) is 4.79 Å². The first-order valence-electron chi connectivity index (χ1n) is 8.22. The molecule has 0 radical (unpaired) electrons. The van der Waals surface area contributed by atoms with E-state index in [4.69, 9.17) is 4.84 Å². The van der Waals surface area contributed by atoms with Crippen molar-refractivity contribution in [3.05, 3.63) is 95.1 Å². The number of nitrogens with zero attached hydrogens (tertiary/aromatic N) is 2. The summed E-state index contributed by atoms with van der Waals surface area (Å²) >= 11 is 0. The molecule has 1 aliphatic rings. The van der Waals surface area contributed by atoms with E-state index < -0.39 is 5.97 Å². The number of fused-ring (bicyclic) bond motifs is 3. The van der Waals surface area contributed by atoms with Crippen molar-refractivity contribution in [3.8, 4) is 17.2 Å². The summed E-state index contributed by atoms with van der Waals surface area (Å²) in [6, 6.07) is 22.7. The zero-order valence-electron chi connectivity index (χ0n) is 14.0. The summed E-state index contributed by atoms with van der Waals surface area (Å²) in [5.74, 6) is -0.846. The van der Waals surface area contributed by atoms with Gasteiger partial charge in [-0.1, -0.05) is 71.9 Å². The highest BCUT2D eigenvalue weighted by Gasteiger charge is 2.30. The minimum absolute atomic E-state index is 0.00648. The standard InChI is InChI=1S/C22H12N2O3/c23-13-19(14-7-2-1-3-8-14)24-27-22(26)18-12-6-11-17-20(18)15-9-4-5-10-16(15)21(17)25/h1-12H. The maximum atomic E-state index is 12.6. The van der Waals surface area contributed by atoms with Gasteiger partial charge in [0.15, 0.2) is 11.5 Å². The predicted molar refractivity (Wildman–Crippen MR) is 99.3 cm³/mol. The van der Waals surface area contributed by atoms with Gasteiger partial charge in [0.25, 0.3) is 0 Å². The van der Waals surface area contributed by atoms with E-state index in [2.05, 4.69) is 5.16 Å². The van der Waals surface area contributed by atoms with Gasteiger partial charge in [-0.15, -0.1) is 0 Å². The van der Waals surface area contributed by atoms with Crippen LogP contribution >= 0.6 is 0 Å². The van der Waals surface area contributed by atoms with Crippen molar-refractivity contribution in [1.82, 2.24) is 0 Å². The van der Waals surface area contributed by atoms with Crippen LogP contribution in [0.4, 0.5) is 0 Å². The minimum atomic E-state index is -0.722. The molecule has 0 amide bonds. The third-order valence-electron chi connectivity index (χ3n) is 4.34. The van der Waals surface area contributed by atoms with E-state index in [9.17, 15) is 14.9 Å². The molecular formula is C22H12N2O3. The number of carbonyl (C=O) groups excluding carboxylic acids is 2. The molecule has 0 N–H and O–H groups in total. The fourth-order valence-corrected chi connectivity index (χ4v) is 3.12. The Balaban J connectivity index is 1.71. The van der Waals surface area contributed by atoms with Crippen molar-refractivity contribution in [3.63, 3.8) is 0 Å². The van der Waals surface area contributed by atoms with Gasteiger partial charge in [-0.2, -0.15) is 5.26 Å². The van der Waals surface area contributed by atoms with Crippen molar-refractivity contribution in [2.75, 3.05) is 0 Å². The lowest BCUT2D eigenvalue weighted by molar-refractivity contribution is 0.0518. The number of benzene rings is 3. The lowest BCUT2D eigenvalue weighted by Gasteiger charge is -2.06. The quantitative estimate of drug-likeness (QED) is 0.317. The zero-order chi connectivity index (χ0) is 18.8. The molecule has 0 spiro atoms. The Hall–Kier alpha value is -4.04. The fourth-order valence-electron chi connectivity index (χ4n) is 3.12. The lowest BCUT2D eigenvalue weighted by Crippen LogP contribution is -2.07. The summed E-state index contributed by atoms with van der Waals surface area (Å²) in [6.45, 7) is 0. The first kappa shape index (κ1) is 16.4. The maximum Gasteiger partial charge on any atom is 0.366 e. The van der Waals surface area contributed by atoms with Gasteiger partial charge in [-0.05, 0) is 11.6 Å². The van der Waals surface area contributed by atoms with E-state index in [1.54, 1.807) is 60.7 Å². The monoisotopic (exact) mass is 352 g/mol. The average Bonchev–Trinajstić information content (AvgIpc) is 3.02. The summed E-state index contributed by atoms with van der Waals surface area (Å²) in [5, 5.41) is 13.0. The second kappa shape index (κ2) is 6.70. The van der Waals surface area contributed by atoms with Crippen LogP contribution in [0.2, 0.25) is 0 Å². The molecule has 1 aliphatic carbocycles. The molecule has 27 heavy (non-hydrogen) atoms. The topological polar surface area (TPSA) is 79.5 Å². The number of hydrogen-bond acceptors (Lipinski definition) is 5. The Morgan fingerprint density at radius 1 is 0.852 bits per heavy atom. The van der Waals surface area contributed by atoms with Crippen molar-refractivity contribution in [2.45, 2.75) is 0 Å². The number of rotatable bonds is 3. The van der Waals surface area contributed by atoms with Gasteiger partial charge in [0.1, 0.15) is 6.07 Å². The number of ketones is 1. The summed E-state index contributed by atoms with van der Waals surface area (Å²) < 4.78 is 0.